The Bertz CT molecular complexity index is 3550. The van der Waals surface area contributed by atoms with Crippen molar-refractivity contribution in [3.8, 4) is 44.5 Å². The standard InChI is InChI=1S/C60H36N4.Pd/c1-5-19-37(20-6-1)55-56(38-21-7-2-8-22-38)58(40-25-11-4-12-26-40)60-54-36-52-46-32-18-16-30-44(46)50(63-52)34-48-42-28-14-13-27-41(42)47(61-48)33-49-43-29-15-17-31-45(43)51(62-49)35-53(64-54)59(60)57(55)39-23-9-3-10-24-39;/h1-36H;. The van der Waals surface area contributed by atoms with Gasteiger partial charge in [0, 0.05) is 76.1 Å². The van der Waals surface area contributed by atoms with Gasteiger partial charge < -0.3 is 0 Å². The fourth-order valence-corrected chi connectivity index (χ4v) is 10.0. The van der Waals surface area contributed by atoms with Crippen LogP contribution in [0.15, 0.2) is 238 Å². The number of hydrogen-bond donors (Lipinski definition) is 0. The van der Waals surface area contributed by atoms with E-state index in [1.165, 1.54) is 0 Å². The quantitative estimate of drug-likeness (QED) is 0.158. The second-order valence-corrected chi connectivity index (χ2v) is 16.5. The number of allylic oxidation sites excluding steroid dienone is 4. The third-order valence-corrected chi connectivity index (χ3v) is 12.8. The average molecular weight is 919 g/mol. The van der Waals surface area contributed by atoms with Crippen LogP contribution in [0.5, 0.6) is 0 Å². The van der Waals surface area contributed by atoms with Gasteiger partial charge in [0.2, 0.25) is 0 Å². The zero-order chi connectivity index (χ0) is 42.1. The van der Waals surface area contributed by atoms with E-state index in [1.807, 2.05) is 0 Å². The van der Waals surface area contributed by atoms with Gasteiger partial charge in [-0.25, -0.2) is 20.0 Å². The van der Waals surface area contributed by atoms with Gasteiger partial charge in [-0.2, -0.15) is 0 Å². The molecule has 8 aromatic rings. The Labute approximate surface area is 391 Å². The van der Waals surface area contributed by atoms with Crippen molar-refractivity contribution in [3.05, 3.63) is 263 Å². The number of aliphatic imine (C=N–C) groups is 4. The van der Waals surface area contributed by atoms with Crippen molar-refractivity contribution < 1.29 is 20.4 Å². The molecular formula is C60H36N4Pd. The Balaban J connectivity index is 0.00000444. The van der Waals surface area contributed by atoms with Gasteiger partial charge in [-0.3, -0.25) is 0 Å². The van der Waals surface area contributed by atoms with E-state index in [4.69, 9.17) is 20.0 Å². The van der Waals surface area contributed by atoms with Crippen LogP contribution in [0.4, 0.5) is 0 Å². The third kappa shape index (κ3) is 6.32. The summed E-state index contributed by atoms with van der Waals surface area (Å²) in [4.78, 5) is 22.0. The molecule has 0 amide bonds. The average Bonchev–Trinajstić information content (AvgIpc) is 4.10. The van der Waals surface area contributed by atoms with Crippen molar-refractivity contribution in [1.82, 2.24) is 0 Å². The molecular weight excluding hydrogens is 883 g/mol. The molecule has 0 aliphatic carbocycles. The zero-order valence-corrected chi connectivity index (χ0v) is 36.4. The molecule has 0 saturated heterocycles. The molecule has 0 fully saturated rings. The van der Waals surface area contributed by atoms with Crippen LogP contribution in [-0.2, 0) is 20.4 Å². The summed E-state index contributed by atoms with van der Waals surface area (Å²) in [7, 11) is 0. The van der Waals surface area contributed by atoms with E-state index in [-0.39, 0.29) is 20.4 Å². The van der Waals surface area contributed by atoms with Gasteiger partial charge in [0.1, 0.15) is 0 Å². The first-order valence-corrected chi connectivity index (χ1v) is 21.7. The maximum atomic E-state index is 5.77. The molecule has 0 saturated carbocycles. The number of nitrogens with zero attached hydrogens (tertiary/aromatic N) is 4. The van der Waals surface area contributed by atoms with Gasteiger partial charge in [0.25, 0.3) is 0 Å². The molecule has 5 aliphatic rings. The van der Waals surface area contributed by atoms with Crippen LogP contribution in [0.3, 0.4) is 0 Å². The molecule has 13 rings (SSSR count). The summed E-state index contributed by atoms with van der Waals surface area (Å²) in [6, 6.07) is 68.9. The van der Waals surface area contributed by atoms with Gasteiger partial charge in [-0.1, -0.05) is 194 Å². The molecule has 8 aromatic carbocycles. The van der Waals surface area contributed by atoms with Gasteiger partial charge in [-0.15, -0.1) is 0 Å². The van der Waals surface area contributed by atoms with E-state index in [1.54, 1.807) is 0 Å². The number of hydrogen-bond acceptors (Lipinski definition) is 4. The molecule has 5 aliphatic heterocycles. The second kappa shape index (κ2) is 15.7. The summed E-state index contributed by atoms with van der Waals surface area (Å²) in [5.41, 5.74) is 24.4. The third-order valence-electron chi connectivity index (χ3n) is 12.8. The number of rotatable bonds is 4. The maximum Gasteiger partial charge on any atom is 0.0744 e. The first-order valence-electron chi connectivity index (χ1n) is 21.7. The van der Waals surface area contributed by atoms with Gasteiger partial charge in [-0.05, 0) is 57.7 Å². The fourth-order valence-electron chi connectivity index (χ4n) is 10.0. The molecule has 4 nitrogen and oxygen atoms in total. The Hall–Kier alpha value is -7.94. The van der Waals surface area contributed by atoms with Gasteiger partial charge >= 0.3 is 0 Å². The Morgan fingerprint density at radius 3 is 0.800 bits per heavy atom. The minimum atomic E-state index is 0. The van der Waals surface area contributed by atoms with Gasteiger partial charge in [0.15, 0.2) is 0 Å². The first-order chi connectivity index (χ1) is 31.7. The second-order valence-electron chi connectivity index (χ2n) is 16.5. The molecule has 0 spiro atoms. The van der Waals surface area contributed by atoms with E-state index in [9.17, 15) is 0 Å². The minimum absolute atomic E-state index is 0. The summed E-state index contributed by atoms with van der Waals surface area (Å²) in [5.74, 6) is 0. The monoisotopic (exact) mass is 918 g/mol. The summed E-state index contributed by atoms with van der Waals surface area (Å²) in [5, 5.41) is 0. The molecule has 8 bridgehead atoms. The first kappa shape index (κ1) is 38.7. The number of fused-ring (bicyclic) bond motifs is 16. The molecule has 65 heavy (non-hydrogen) atoms. The Morgan fingerprint density at radius 1 is 0.200 bits per heavy atom. The molecule has 0 radical (unpaired) electrons. The molecule has 0 aromatic heterocycles. The van der Waals surface area contributed by atoms with E-state index >= 15 is 0 Å². The van der Waals surface area contributed by atoms with E-state index in [2.05, 4.69) is 218 Å². The minimum Gasteiger partial charge on any atom is -0.248 e. The van der Waals surface area contributed by atoms with Crippen molar-refractivity contribution >= 4 is 45.6 Å². The van der Waals surface area contributed by atoms with E-state index in [0.29, 0.717) is 0 Å². The molecule has 0 unspecified atom stereocenters. The summed E-state index contributed by atoms with van der Waals surface area (Å²) >= 11 is 0. The van der Waals surface area contributed by atoms with Crippen molar-refractivity contribution in [2.75, 3.05) is 0 Å². The van der Waals surface area contributed by atoms with Crippen LogP contribution in [0.2, 0.25) is 0 Å². The summed E-state index contributed by atoms with van der Waals surface area (Å²) < 4.78 is 0. The topological polar surface area (TPSA) is 49.4 Å². The van der Waals surface area contributed by atoms with Crippen molar-refractivity contribution in [2.24, 2.45) is 20.0 Å². The molecule has 0 N–H and O–H groups in total. The molecule has 5 heterocycles. The molecule has 306 valence electrons. The zero-order valence-electron chi connectivity index (χ0n) is 34.9. The predicted octanol–water partition coefficient (Wildman–Crippen LogP) is 14.0. The summed E-state index contributed by atoms with van der Waals surface area (Å²) in [6.45, 7) is 0. The smallest absolute Gasteiger partial charge is 0.0744 e. The molecule has 5 heteroatoms. The number of benzene rings is 8. The van der Waals surface area contributed by atoms with Crippen LogP contribution in [0.25, 0.3) is 67.3 Å². The fraction of sp³-hybridized carbons (Fsp3) is 0. The van der Waals surface area contributed by atoms with Crippen molar-refractivity contribution in [3.63, 3.8) is 0 Å². The van der Waals surface area contributed by atoms with Crippen LogP contribution in [-0.4, -0.2) is 22.8 Å². The maximum absolute atomic E-state index is 5.77. The van der Waals surface area contributed by atoms with Crippen LogP contribution >= 0.6 is 0 Å². The summed E-state index contributed by atoms with van der Waals surface area (Å²) in [6.07, 6.45) is 8.71. The Morgan fingerprint density at radius 2 is 0.446 bits per heavy atom. The van der Waals surface area contributed by atoms with E-state index < -0.39 is 0 Å². The van der Waals surface area contributed by atoms with Crippen molar-refractivity contribution in [1.29, 1.82) is 0 Å². The van der Waals surface area contributed by atoms with Crippen LogP contribution < -0.4 is 0 Å². The van der Waals surface area contributed by atoms with E-state index in [0.717, 1.165) is 135 Å². The van der Waals surface area contributed by atoms with Gasteiger partial charge in [0.05, 0.1) is 45.6 Å². The molecule has 0 atom stereocenters. The Kier molecular flexibility index (Phi) is 9.35. The largest absolute Gasteiger partial charge is 0.248 e. The normalized spacial score (nSPS) is 14.8. The van der Waals surface area contributed by atoms with Crippen LogP contribution in [0, 0.1) is 0 Å². The van der Waals surface area contributed by atoms with Crippen molar-refractivity contribution in [2.45, 2.75) is 0 Å². The van der Waals surface area contributed by atoms with Crippen LogP contribution in [0.1, 0.15) is 44.5 Å². The SMILES string of the molecule is C1=C2N=C(C=C3N=C(C=C4N=C(C=C5N=C1c1ccccc15)c1c4c(-c4ccccc4)c(-c4ccccc4)c(-c4ccccc4)c1-c1ccccc1)c1ccccc13)c1ccccc12.[Pd]. The predicted molar refractivity (Wildman–Crippen MR) is 266 cm³/mol.